The van der Waals surface area contributed by atoms with E-state index in [9.17, 15) is 4.79 Å². The molecule has 1 N–H and O–H groups in total. The van der Waals surface area contributed by atoms with E-state index in [4.69, 9.17) is 0 Å². The molecular weight excluding hydrogens is 162 g/mol. The van der Waals surface area contributed by atoms with Crippen molar-refractivity contribution in [3.8, 4) is 0 Å². The number of nitrogens with one attached hydrogen (secondary N) is 1. The second-order valence-corrected chi connectivity index (χ2v) is 4.53. The van der Waals surface area contributed by atoms with Crippen LogP contribution in [0.3, 0.4) is 0 Å². The molecule has 0 aromatic carbocycles. The van der Waals surface area contributed by atoms with Crippen LogP contribution >= 0.6 is 0 Å². The van der Waals surface area contributed by atoms with Crippen molar-refractivity contribution in [1.82, 2.24) is 4.98 Å². The van der Waals surface area contributed by atoms with Gasteiger partial charge in [-0.3, -0.25) is 4.79 Å². The summed E-state index contributed by atoms with van der Waals surface area (Å²) in [5.74, 6) is 0. The first kappa shape index (κ1) is 10.0. The van der Waals surface area contributed by atoms with Gasteiger partial charge in [0.2, 0.25) is 0 Å². The SMILES string of the molecule is Cc1[nH]c(C(C)(C)C)c(C)c1C=O. The average Bonchev–Trinajstić information content (AvgIpc) is 2.25. The van der Waals surface area contributed by atoms with E-state index in [-0.39, 0.29) is 5.41 Å². The highest BCUT2D eigenvalue weighted by molar-refractivity contribution is 5.79. The highest BCUT2D eigenvalue weighted by Crippen LogP contribution is 2.27. The van der Waals surface area contributed by atoms with Crippen LogP contribution in [0.15, 0.2) is 0 Å². The Balaban J connectivity index is 3.34. The summed E-state index contributed by atoms with van der Waals surface area (Å²) < 4.78 is 0. The topological polar surface area (TPSA) is 32.9 Å². The summed E-state index contributed by atoms with van der Waals surface area (Å²) in [6, 6.07) is 0. The second kappa shape index (κ2) is 3.02. The van der Waals surface area contributed by atoms with Gasteiger partial charge in [0.1, 0.15) is 0 Å². The minimum Gasteiger partial charge on any atom is -0.361 e. The van der Waals surface area contributed by atoms with E-state index in [2.05, 4.69) is 25.8 Å². The Kier molecular flexibility index (Phi) is 2.33. The number of aromatic amines is 1. The zero-order chi connectivity index (χ0) is 10.2. The molecule has 0 bridgehead atoms. The van der Waals surface area contributed by atoms with Crippen LogP contribution in [0.4, 0.5) is 0 Å². The lowest BCUT2D eigenvalue weighted by Gasteiger charge is -2.18. The van der Waals surface area contributed by atoms with Crippen molar-refractivity contribution < 1.29 is 4.79 Å². The molecule has 13 heavy (non-hydrogen) atoms. The van der Waals surface area contributed by atoms with Gasteiger partial charge in [-0.15, -0.1) is 0 Å². The Labute approximate surface area is 79.4 Å². The molecule has 0 radical (unpaired) electrons. The minimum atomic E-state index is 0.0795. The van der Waals surface area contributed by atoms with Crippen molar-refractivity contribution in [2.45, 2.75) is 40.0 Å². The van der Waals surface area contributed by atoms with Crippen molar-refractivity contribution in [1.29, 1.82) is 0 Å². The number of H-pyrrole nitrogens is 1. The standard InChI is InChI=1S/C11H17NO/c1-7-9(6-13)8(2)12-10(7)11(3,4)5/h6,12H,1-5H3. The van der Waals surface area contributed by atoms with Crippen LogP contribution in [-0.4, -0.2) is 11.3 Å². The molecule has 0 saturated heterocycles. The second-order valence-electron chi connectivity index (χ2n) is 4.53. The molecule has 2 nitrogen and oxygen atoms in total. The maximum absolute atomic E-state index is 10.8. The first-order chi connectivity index (χ1) is 5.88. The quantitative estimate of drug-likeness (QED) is 0.661. The van der Waals surface area contributed by atoms with Crippen molar-refractivity contribution in [2.75, 3.05) is 0 Å². The molecule has 0 fully saturated rings. The fourth-order valence-corrected chi connectivity index (χ4v) is 1.69. The third kappa shape index (κ3) is 1.67. The summed E-state index contributed by atoms with van der Waals surface area (Å²) >= 11 is 0. The molecular formula is C11H17NO. The fourth-order valence-electron chi connectivity index (χ4n) is 1.69. The van der Waals surface area contributed by atoms with Gasteiger partial charge < -0.3 is 4.98 Å². The van der Waals surface area contributed by atoms with Crippen LogP contribution in [0.25, 0.3) is 0 Å². The number of hydrogen-bond acceptors (Lipinski definition) is 1. The van der Waals surface area contributed by atoms with Gasteiger partial charge in [0, 0.05) is 22.4 Å². The van der Waals surface area contributed by atoms with Crippen molar-refractivity contribution in [2.24, 2.45) is 0 Å². The number of rotatable bonds is 1. The molecule has 0 aliphatic heterocycles. The monoisotopic (exact) mass is 179 g/mol. The Morgan fingerprint density at radius 2 is 1.77 bits per heavy atom. The van der Waals surface area contributed by atoms with Crippen LogP contribution in [0.5, 0.6) is 0 Å². The van der Waals surface area contributed by atoms with Gasteiger partial charge in [-0.25, -0.2) is 0 Å². The molecule has 1 aromatic rings. The Hall–Kier alpha value is -1.05. The maximum Gasteiger partial charge on any atom is 0.152 e. The largest absolute Gasteiger partial charge is 0.361 e. The van der Waals surface area contributed by atoms with Gasteiger partial charge >= 0.3 is 0 Å². The van der Waals surface area contributed by atoms with Gasteiger partial charge in [0.15, 0.2) is 6.29 Å². The number of aldehydes is 1. The average molecular weight is 179 g/mol. The fraction of sp³-hybridized carbons (Fsp3) is 0.545. The smallest absolute Gasteiger partial charge is 0.152 e. The van der Waals surface area contributed by atoms with Crippen LogP contribution < -0.4 is 0 Å². The summed E-state index contributed by atoms with van der Waals surface area (Å²) in [7, 11) is 0. The van der Waals surface area contributed by atoms with Crippen molar-refractivity contribution >= 4 is 6.29 Å². The maximum atomic E-state index is 10.8. The molecule has 0 saturated carbocycles. The van der Waals surface area contributed by atoms with Crippen LogP contribution in [-0.2, 0) is 5.41 Å². The van der Waals surface area contributed by atoms with Gasteiger partial charge in [0.05, 0.1) is 0 Å². The van der Waals surface area contributed by atoms with Gasteiger partial charge in [-0.2, -0.15) is 0 Å². The van der Waals surface area contributed by atoms with Crippen molar-refractivity contribution in [3.63, 3.8) is 0 Å². The van der Waals surface area contributed by atoms with E-state index in [1.807, 2.05) is 13.8 Å². The van der Waals surface area contributed by atoms with E-state index >= 15 is 0 Å². The Morgan fingerprint density at radius 3 is 2.00 bits per heavy atom. The molecule has 0 amide bonds. The third-order valence-corrected chi connectivity index (χ3v) is 2.36. The molecule has 1 rings (SSSR count). The van der Waals surface area contributed by atoms with Crippen LogP contribution in [0.1, 0.15) is 48.1 Å². The van der Waals surface area contributed by atoms with E-state index in [0.29, 0.717) is 0 Å². The van der Waals surface area contributed by atoms with E-state index < -0.39 is 0 Å². The molecule has 0 aliphatic rings. The van der Waals surface area contributed by atoms with Crippen molar-refractivity contribution in [3.05, 3.63) is 22.5 Å². The van der Waals surface area contributed by atoms with E-state index in [1.54, 1.807) is 0 Å². The van der Waals surface area contributed by atoms with Crippen LogP contribution in [0.2, 0.25) is 0 Å². The minimum absolute atomic E-state index is 0.0795. The summed E-state index contributed by atoms with van der Waals surface area (Å²) in [4.78, 5) is 14.0. The Morgan fingerprint density at radius 1 is 1.23 bits per heavy atom. The zero-order valence-electron chi connectivity index (χ0n) is 8.99. The Bertz CT molecular complexity index is 329. The number of carbonyl (C=O) groups excluding carboxylic acids is 1. The van der Waals surface area contributed by atoms with Gasteiger partial charge in [-0.1, -0.05) is 20.8 Å². The first-order valence-corrected chi connectivity index (χ1v) is 4.52. The summed E-state index contributed by atoms with van der Waals surface area (Å²) in [5.41, 5.74) is 4.10. The van der Waals surface area contributed by atoms with Crippen LogP contribution in [0, 0.1) is 13.8 Å². The normalized spacial score (nSPS) is 11.8. The number of hydrogen-bond donors (Lipinski definition) is 1. The first-order valence-electron chi connectivity index (χ1n) is 4.52. The highest BCUT2D eigenvalue weighted by atomic mass is 16.1. The zero-order valence-corrected chi connectivity index (χ0v) is 8.99. The lowest BCUT2D eigenvalue weighted by atomic mass is 9.89. The molecule has 2 heteroatoms. The lowest BCUT2D eigenvalue weighted by Crippen LogP contribution is -2.13. The lowest BCUT2D eigenvalue weighted by molar-refractivity contribution is 0.112. The number of aromatic nitrogens is 1. The molecule has 0 spiro atoms. The van der Waals surface area contributed by atoms with E-state index in [1.165, 1.54) is 0 Å². The van der Waals surface area contributed by atoms with Gasteiger partial charge in [-0.05, 0) is 19.4 Å². The number of aryl methyl sites for hydroxylation is 1. The molecule has 0 unspecified atom stereocenters. The predicted octanol–water partition coefficient (Wildman–Crippen LogP) is 2.74. The summed E-state index contributed by atoms with van der Waals surface area (Å²) in [6.07, 6.45) is 0.927. The summed E-state index contributed by atoms with van der Waals surface area (Å²) in [5, 5.41) is 0. The van der Waals surface area contributed by atoms with E-state index in [0.717, 1.165) is 28.8 Å². The predicted molar refractivity (Wildman–Crippen MR) is 54.4 cm³/mol. The molecule has 1 aromatic heterocycles. The molecule has 1 heterocycles. The molecule has 0 atom stereocenters. The third-order valence-electron chi connectivity index (χ3n) is 2.36. The molecule has 72 valence electrons. The molecule has 0 aliphatic carbocycles. The van der Waals surface area contributed by atoms with Gasteiger partial charge in [0.25, 0.3) is 0 Å². The highest BCUT2D eigenvalue weighted by Gasteiger charge is 2.21. The summed E-state index contributed by atoms with van der Waals surface area (Å²) in [6.45, 7) is 10.3. The number of carbonyl (C=O) groups is 1.